The highest BCUT2D eigenvalue weighted by atomic mass is 16.4. The van der Waals surface area contributed by atoms with Crippen LogP contribution in [0.25, 0.3) is 0 Å². The summed E-state index contributed by atoms with van der Waals surface area (Å²) < 4.78 is 1.86. The molecule has 2 heterocycles. The highest BCUT2D eigenvalue weighted by Gasteiger charge is 2.39. The first-order valence-corrected chi connectivity index (χ1v) is 4.07. The van der Waals surface area contributed by atoms with Gasteiger partial charge in [0.1, 0.15) is 0 Å². The molecule has 13 heavy (non-hydrogen) atoms. The van der Waals surface area contributed by atoms with Crippen molar-refractivity contribution in [1.29, 1.82) is 0 Å². The third-order valence-electron chi connectivity index (χ3n) is 2.44. The zero-order valence-corrected chi connectivity index (χ0v) is 6.97. The molecule has 0 spiro atoms. The van der Waals surface area contributed by atoms with Crippen LogP contribution in [0.4, 0.5) is 0 Å². The van der Waals surface area contributed by atoms with E-state index in [2.05, 4.69) is 4.98 Å². The van der Waals surface area contributed by atoms with Gasteiger partial charge in [-0.05, 0) is 0 Å². The molecule has 2 rings (SSSR count). The van der Waals surface area contributed by atoms with Crippen molar-refractivity contribution in [2.24, 2.45) is 0 Å². The summed E-state index contributed by atoms with van der Waals surface area (Å²) in [5.74, 6) is -1.15. The minimum atomic E-state index is -1.60. The molecule has 0 aromatic carbocycles. The van der Waals surface area contributed by atoms with E-state index in [1.165, 1.54) is 0 Å². The Balaban J connectivity index is 2.30. The van der Waals surface area contributed by atoms with E-state index in [0.29, 0.717) is 6.54 Å². The Labute approximate surface area is 74.6 Å². The summed E-state index contributed by atoms with van der Waals surface area (Å²) in [4.78, 5) is 14.6. The first-order chi connectivity index (χ1) is 6.12. The lowest BCUT2D eigenvalue weighted by atomic mass is 9.91. The fourth-order valence-electron chi connectivity index (χ4n) is 1.57. The van der Waals surface area contributed by atoms with Gasteiger partial charge in [0.25, 0.3) is 0 Å². The van der Waals surface area contributed by atoms with Crippen LogP contribution in [0.1, 0.15) is 12.1 Å². The van der Waals surface area contributed by atoms with Gasteiger partial charge in [0, 0.05) is 31.3 Å². The molecule has 0 amide bonds. The fourth-order valence-corrected chi connectivity index (χ4v) is 1.57. The summed E-state index contributed by atoms with van der Waals surface area (Å²) in [6.07, 6.45) is 3.62. The molecule has 0 fully saturated rings. The molecule has 0 saturated carbocycles. The summed E-state index contributed by atoms with van der Waals surface area (Å²) in [6.45, 7) is 0.512. The highest BCUT2D eigenvalue weighted by Crippen LogP contribution is 2.24. The third kappa shape index (κ3) is 1.21. The van der Waals surface area contributed by atoms with Gasteiger partial charge in [0.15, 0.2) is 5.60 Å². The first-order valence-electron chi connectivity index (χ1n) is 4.07. The molecular formula is C8H10N2O3. The van der Waals surface area contributed by atoms with Crippen molar-refractivity contribution in [2.45, 2.75) is 25.0 Å². The number of fused-ring (bicyclic) bond motifs is 1. The zero-order chi connectivity index (χ0) is 9.47. The van der Waals surface area contributed by atoms with E-state index in [1.807, 2.05) is 4.57 Å². The molecule has 5 heteroatoms. The topological polar surface area (TPSA) is 75.3 Å². The minimum Gasteiger partial charge on any atom is -0.479 e. The molecule has 0 saturated heterocycles. The van der Waals surface area contributed by atoms with Crippen LogP contribution in [0.15, 0.2) is 12.5 Å². The number of carbonyl (C=O) groups is 1. The Kier molecular flexibility index (Phi) is 1.63. The van der Waals surface area contributed by atoms with E-state index in [9.17, 15) is 9.90 Å². The predicted molar refractivity (Wildman–Crippen MR) is 43.1 cm³/mol. The summed E-state index contributed by atoms with van der Waals surface area (Å²) in [5, 5.41) is 18.5. The van der Waals surface area contributed by atoms with E-state index in [4.69, 9.17) is 5.11 Å². The van der Waals surface area contributed by atoms with Crippen molar-refractivity contribution in [3.63, 3.8) is 0 Å². The lowest BCUT2D eigenvalue weighted by molar-refractivity contribution is -0.160. The number of imidazole rings is 1. The van der Waals surface area contributed by atoms with Crippen LogP contribution in [-0.4, -0.2) is 31.3 Å². The highest BCUT2D eigenvalue weighted by molar-refractivity contribution is 5.77. The van der Waals surface area contributed by atoms with Crippen molar-refractivity contribution in [3.05, 3.63) is 18.2 Å². The lowest BCUT2D eigenvalue weighted by Gasteiger charge is -2.28. The normalized spacial score (nSPS) is 26.8. The molecule has 1 aromatic heterocycles. The van der Waals surface area contributed by atoms with E-state index >= 15 is 0 Å². The number of aromatic nitrogens is 2. The van der Waals surface area contributed by atoms with Crippen molar-refractivity contribution in [1.82, 2.24) is 9.55 Å². The molecule has 0 radical (unpaired) electrons. The van der Waals surface area contributed by atoms with Gasteiger partial charge in [-0.2, -0.15) is 0 Å². The SMILES string of the molecule is O=C(O)C1(O)CCn2cncc2C1. The second-order valence-electron chi connectivity index (χ2n) is 3.34. The van der Waals surface area contributed by atoms with Crippen LogP contribution < -0.4 is 0 Å². The Hall–Kier alpha value is -1.36. The number of hydrogen-bond donors (Lipinski definition) is 2. The molecule has 1 aromatic rings. The molecule has 70 valence electrons. The van der Waals surface area contributed by atoms with Crippen LogP contribution in [0.2, 0.25) is 0 Å². The Morgan fingerprint density at radius 2 is 2.46 bits per heavy atom. The van der Waals surface area contributed by atoms with Crippen LogP contribution in [0, 0.1) is 0 Å². The summed E-state index contributed by atoms with van der Waals surface area (Å²) in [7, 11) is 0. The first kappa shape index (κ1) is 8.25. The van der Waals surface area contributed by atoms with E-state index in [1.54, 1.807) is 12.5 Å². The number of nitrogens with zero attached hydrogens (tertiary/aromatic N) is 2. The largest absolute Gasteiger partial charge is 0.479 e. The monoisotopic (exact) mass is 182 g/mol. The van der Waals surface area contributed by atoms with Crippen molar-refractivity contribution in [3.8, 4) is 0 Å². The maximum atomic E-state index is 10.7. The van der Waals surface area contributed by atoms with E-state index in [-0.39, 0.29) is 12.8 Å². The summed E-state index contributed by atoms with van der Waals surface area (Å²) in [5.41, 5.74) is -0.827. The summed E-state index contributed by atoms with van der Waals surface area (Å²) >= 11 is 0. The third-order valence-corrected chi connectivity index (χ3v) is 2.44. The zero-order valence-electron chi connectivity index (χ0n) is 6.97. The second-order valence-corrected chi connectivity index (χ2v) is 3.34. The summed E-state index contributed by atoms with van der Waals surface area (Å²) in [6, 6.07) is 0. The molecule has 2 N–H and O–H groups in total. The molecule has 1 unspecified atom stereocenters. The quantitative estimate of drug-likeness (QED) is 0.622. The second kappa shape index (κ2) is 2.56. The van der Waals surface area contributed by atoms with Crippen LogP contribution >= 0.6 is 0 Å². The number of aryl methyl sites for hydroxylation is 1. The van der Waals surface area contributed by atoms with Crippen LogP contribution in [0.3, 0.4) is 0 Å². The predicted octanol–water partition coefficient (Wildman–Crippen LogP) is -0.355. The molecule has 1 aliphatic rings. The molecule has 0 bridgehead atoms. The molecule has 1 atom stereocenters. The minimum absolute atomic E-state index is 0.141. The smallest absolute Gasteiger partial charge is 0.336 e. The van der Waals surface area contributed by atoms with Crippen LogP contribution in [0.5, 0.6) is 0 Å². The van der Waals surface area contributed by atoms with Crippen LogP contribution in [-0.2, 0) is 17.8 Å². The number of aliphatic hydroxyl groups is 1. The van der Waals surface area contributed by atoms with Crippen molar-refractivity contribution >= 4 is 5.97 Å². The number of hydrogen-bond acceptors (Lipinski definition) is 3. The molecule has 0 aliphatic carbocycles. The van der Waals surface area contributed by atoms with Gasteiger partial charge in [-0.3, -0.25) is 0 Å². The fraction of sp³-hybridized carbons (Fsp3) is 0.500. The van der Waals surface area contributed by atoms with Gasteiger partial charge in [-0.15, -0.1) is 0 Å². The van der Waals surface area contributed by atoms with Gasteiger partial charge in [-0.25, -0.2) is 9.78 Å². The Bertz CT molecular complexity index is 347. The van der Waals surface area contributed by atoms with E-state index < -0.39 is 11.6 Å². The molecule has 1 aliphatic heterocycles. The van der Waals surface area contributed by atoms with Gasteiger partial charge >= 0.3 is 5.97 Å². The Morgan fingerprint density at radius 1 is 1.69 bits per heavy atom. The van der Waals surface area contributed by atoms with Gasteiger partial charge in [0.05, 0.1) is 6.33 Å². The maximum Gasteiger partial charge on any atom is 0.336 e. The van der Waals surface area contributed by atoms with E-state index in [0.717, 1.165) is 5.69 Å². The van der Waals surface area contributed by atoms with Gasteiger partial charge < -0.3 is 14.8 Å². The maximum absolute atomic E-state index is 10.7. The Morgan fingerprint density at radius 3 is 3.15 bits per heavy atom. The standard InChI is InChI=1S/C8H10N2O3/c11-7(12)8(13)1-2-10-5-9-4-6(10)3-8/h4-5,13H,1-3H2,(H,11,12). The number of aliphatic carboxylic acids is 1. The molecule has 5 nitrogen and oxygen atoms in total. The lowest BCUT2D eigenvalue weighted by Crippen LogP contribution is -2.44. The average molecular weight is 182 g/mol. The number of carboxylic acids is 1. The molecular weight excluding hydrogens is 172 g/mol. The van der Waals surface area contributed by atoms with Gasteiger partial charge in [0.2, 0.25) is 0 Å². The van der Waals surface area contributed by atoms with Crippen molar-refractivity contribution < 1.29 is 15.0 Å². The van der Waals surface area contributed by atoms with Crippen molar-refractivity contribution in [2.75, 3.05) is 0 Å². The average Bonchev–Trinajstić information content (AvgIpc) is 2.50. The van der Waals surface area contributed by atoms with Gasteiger partial charge in [-0.1, -0.05) is 0 Å². The number of carboxylic acid groups (broad SMARTS) is 1. The number of rotatable bonds is 1.